The second kappa shape index (κ2) is 8.35. The van der Waals surface area contributed by atoms with E-state index in [0.717, 1.165) is 18.6 Å². The number of anilines is 2. The van der Waals surface area contributed by atoms with Crippen LogP contribution in [0.3, 0.4) is 0 Å². The Morgan fingerprint density at radius 3 is 2.46 bits per heavy atom. The van der Waals surface area contributed by atoms with E-state index in [1.807, 2.05) is 0 Å². The lowest BCUT2D eigenvalue weighted by Crippen LogP contribution is -2.15. The molecule has 0 saturated carbocycles. The molecule has 0 atom stereocenters. The van der Waals surface area contributed by atoms with E-state index in [2.05, 4.69) is 34.4 Å². The van der Waals surface area contributed by atoms with Crippen molar-refractivity contribution in [1.82, 2.24) is 9.97 Å². The fourth-order valence-electron chi connectivity index (χ4n) is 2.03. The zero-order chi connectivity index (χ0) is 19.3. The van der Waals surface area contributed by atoms with Crippen molar-refractivity contribution in [1.29, 1.82) is 0 Å². The molecule has 2 aromatic rings. The van der Waals surface area contributed by atoms with E-state index >= 15 is 0 Å². The monoisotopic (exact) mass is 386 g/mol. The Balaban J connectivity index is 2.04. The number of alkyl halides is 3. The summed E-state index contributed by atoms with van der Waals surface area (Å²) >= 11 is 5.55. The molecule has 0 unspecified atom stereocenters. The molecule has 0 aliphatic carbocycles. The van der Waals surface area contributed by atoms with E-state index in [1.165, 1.54) is 18.5 Å². The Morgan fingerprint density at radius 1 is 1.23 bits per heavy atom. The van der Waals surface area contributed by atoms with Crippen LogP contribution in [-0.2, 0) is 6.18 Å². The zero-order valence-electron chi connectivity index (χ0n) is 14.2. The summed E-state index contributed by atoms with van der Waals surface area (Å²) in [7, 11) is 0. The van der Waals surface area contributed by atoms with Gasteiger partial charge in [0.25, 0.3) is 5.91 Å². The topological polar surface area (TPSA) is 66.9 Å². The molecule has 5 nitrogen and oxygen atoms in total. The Kier molecular flexibility index (Phi) is 6.42. The summed E-state index contributed by atoms with van der Waals surface area (Å²) in [6, 6.07) is 3.15. The van der Waals surface area contributed by atoms with Crippen LogP contribution < -0.4 is 10.6 Å². The SMILES string of the molecule is CC(C)CCNc1ncc(C(=O)Nc2ccc(Cl)c(C(F)(F)F)c2)cn1. The van der Waals surface area contributed by atoms with Gasteiger partial charge in [-0.15, -0.1) is 0 Å². The number of aromatic nitrogens is 2. The van der Waals surface area contributed by atoms with Crippen molar-refractivity contribution >= 4 is 29.1 Å². The molecule has 0 bridgehead atoms. The molecule has 0 radical (unpaired) electrons. The lowest BCUT2D eigenvalue weighted by molar-refractivity contribution is -0.137. The third kappa shape index (κ3) is 5.59. The number of amides is 1. The molecule has 0 spiro atoms. The fraction of sp³-hybridized carbons (Fsp3) is 0.353. The van der Waals surface area contributed by atoms with Gasteiger partial charge in [-0.3, -0.25) is 4.79 Å². The highest BCUT2D eigenvalue weighted by molar-refractivity contribution is 6.31. The van der Waals surface area contributed by atoms with Crippen molar-refractivity contribution in [2.75, 3.05) is 17.2 Å². The van der Waals surface area contributed by atoms with Gasteiger partial charge in [0.2, 0.25) is 5.95 Å². The Hall–Kier alpha value is -2.35. The first-order chi connectivity index (χ1) is 12.2. The first kappa shape index (κ1) is 20.0. The maximum absolute atomic E-state index is 12.9. The second-order valence-corrected chi connectivity index (χ2v) is 6.46. The highest BCUT2D eigenvalue weighted by atomic mass is 35.5. The molecule has 2 N–H and O–H groups in total. The Bertz CT molecular complexity index is 764. The molecule has 1 amide bonds. The predicted octanol–water partition coefficient (Wildman–Crippen LogP) is 4.86. The van der Waals surface area contributed by atoms with E-state index in [-0.39, 0.29) is 11.3 Å². The summed E-state index contributed by atoms with van der Waals surface area (Å²) in [5.41, 5.74) is -0.910. The highest BCUT2D eigenvalue weighted by Gasteiger charge is 2.33. The molecule has 1 aromatic carbocycles. The minimum Gasteiger partial charge on any atom is -0.354 e. The third-order valence-corrected chi connectivity index (χ3v) is 3.78. The highest BCUT2D eigenvalue weighted by Crippen LogP contribution is 2.36. The van der Waals surface area contributed by atoms with E-state index in [4.69, 9.17) is 11.6 Å². The van der Waals surface area contributed by atoms with Gasteiger partial charge in [0.15, 0.2) is 0 Å². The van der Waals surface area contributed by atoms with Gasteiger partial charge in [-0.1, -0.05) is 25.4 Å². The van der Waals surface area contributed by atoms with Crippen molar-refractivity contribution in [2.24, 2.45) is 5.92 Å². The van der Waals surface area contributed by atoms with Gasteiger partial charge in [0.1, 0.15) is 0 Å². The van der Waals surface area contributed by atoms with Crippen LogP contribution in [-0.4, -0.2) is 22.4 Å². The number of rotatable bonds is 6. The molecule has 140 valence electrons. The van der Waals surface area contributed by atoms with Crippen LogP contribution in [0.15, 0.2) is 30.6 Å². The molecule has 1 aromatic heterocycles. The van der Waals surface area contributed by atoms with Gasteiger partial charge >= 0.3 is 6.18 Å². The van der Waals surface area contributed by atoms with Crippen molar-refractivity contribution in [3.63, 3.8) is 0 Å². The van der Waals surface area contributed by atoms with Crippen molar-refractivity contribution in [3.8, 4) is 0 Å². The van der Waals surface area contributed by atoms with Crippen LogP contribution in [0.4, 0.5) is 24.8 Å². The lowest BCUT2D eigenvalue weighted by Gasteiger charge is -2.12. The first-order valence-corrected chi connectivity index (χ1v) is 8.28. The molecule has 1 heterocycles. The number of hydrogen-bond donors (Lipinski definition) is 2. The number of benzene rings is 1. The van der Waals surface area contributed by atoms with Gasteiger partial charge in [-0.05, 0) is 30.5 Å². The zero-order valence-corrected chi connectivity index (χ0v) is 14.9. The summed E-state index contributed by atoms with van der Waals surface area (Å²) in [6.07, 6.45) is -1.05. The summed E-state index contributed by atoms with van der Waals surface area (Å²) < 4.78 is 38.6. The van der Waals surface area contributed by atoms with Crippen LogP contribution in [0, 0.1) is 5.92 Å². The van der Waals surface area contributed by atoms with E-state index in [0.29, 0.717) is 18.4 Å². The number of halogens is 4. The smallest absolute Gasteiger partial charge is 0.354 e. The van der Waals surface area contributed by atoms with Gasteiger partial charge in [0.05, 0.1) is 16.1 Å². The summed E-state index contributed by atoms with van der Waals surface area (Å²) in [6.45, 7) is 4.89. The van der Waals surface area contributed by atoms with Gasteiger partial charge < -0.3 is 10.6 Å². The molecule has 0 saturated heterocycles. The predicted molar refractivity (Wildman–Crippen MR) is 94.4 cm³/mol. The van der Waals surface area contributed by atoms with Crippen LogP contribution in [0.25, 0.3) is 0 Å². The molecule has 2 rings (SSSR count). The maximum Gasteiger partial charge on any atom is 0.417 e. The molecule has 0 fully saturated rings. The van der Waals surface area contributed by atoms with E-state index in [9.17, 15) is 18.0 Å². The maximum atomic E-state index is 12.9. The minimum absolute atomic E-state index is 0.0224. The van der Waals surface area contributed by atoms with E-state index in [1.54, 1.807) is 0 Å². The standard InChI is InChI=1S/C17H18ClF3N4O/c1-10(2)5-6-22-16-23-8-11(9-24-16)15(26)25-12-3-4-14(18)13(7-12)17(19,20)21/h3-4,7-10H,5-6H2,1-2H3,(H,25,26)(H,22,23,24). The summed E-state index contributed by atoms with van der Waals surface area (Å²) in [5.74, 6) is 0.302. The molecule has 0 aliphatic rings. The Morgan fingerprint density at radius 2 is 1.88 bits per heavy atom. The van der Waals surface area contributed by atoms with Crippen LogP contribution in [0.1, 0.15) is 36.2 Å². The number of carbonyl (C=O) groups excluding carboxylic acids is 1. The van der Waals surface area contributed by atoms with Crippen LogP contribution >= 0.6 is 11.6 Å². The molecular weight excluding hydrogens is 369 g/mol. The van der Waals surface area contributed by atoms with Crippen molar-refractivity contribution < 1.29 is 18.0 Å². The van der Waals surface area contributed by atoms with Gasteiger partial charge in [0, 0.05) is 24.6 Å². The van der Waals surface area contributed by atoms with E-state index < -0.39 is 22.7 Å². The summed E-state index contributed by atoms with van der Waals surface area (Å²) in [5, 5.41) is 4.97. The molecule has 9 heteroatoms. The first-order valence-electron chi connectivity index (χ1n) is 7.91. The molecule has 0 aliphatic heterocycles. The largest absolute Gasteiger partial charge is 0.417 e. The third-order valence-electron chi connectivity index (χ3n) is 3.45. The number of nitrogens with zero attached hydrogens (tertiary/aromatic N) is 2. The average Bonchev–Trinajstić information content (AvgIpc) is 2.56. The lowest BCUT2D eigenvalue weighted by atomic mass is 10.1. The Labute approximate surface area is 154 Å². The summed E-state index contributed by atoms with van der Waals surface area (Å²) in [4.78, 5) is 20.2. The number of carbonyl (C=O) groups is 1. The normalized spacial score (nSPS) is 11.5. The van der Waals surface area contributed by atoms with Crippen molar-refractivity contribution in [3.05, 3.63) is 46.7 Å². The second-order valence-electron chi connectivity index (χ2n) is 6.05. The fourth-order valence-corrected chi connectivity index (χ4v) is 2.26. The molecular formula is C17H18ClF3N4O. The quantitative estimate of drug-likeness (QED) is 0.744. The number of nitrogens with one attached hydrogen (secondary N) is 2. The minimum atomic E-state index is -4.61. The van der Waals surface area contributed by atoms with Gasteiger partial charge in [-0.25, -0.2) is 9.97 Å². The van der Waals surface area contributed by atoms with Crippen LogP contribution in [0.2, 0.25) is 5.02 Å². The average molecular weight is 387 g/mol. The molecule has 26 heavy (non-hydrogen) atoms. The van der Waals surface area contributed by atoms with Crippen LogP contribution in [0.5, 0.6) is 0 Å². The van der Waals surface area contributed by atoms with Crippen molar-refractivity contribution in [2.45, 2.75) is 26.4 Å². The number of hydrogen-bond acceptors (Lipinski definition) is 4. The van der Waals surface area contributed by atoms with Gasteiger partial charge in [-0.2, -0.15) is 13.2 Å².